The number of benzene rings is 1. The Kier molecular flexibility index (Phi) is 5.35. The Morgan fingerprint density at radius 3 is 2.79 bits per heavy atom. The van der Waals surface area contributed by atoms with Crippen LogP contribution in [0.4, 0.5) is 16.2 Å². The highest BCUT2D eigenvalue weighted by molar-refractivity contribution is 7.09. The molecule has 2 heterocycles. The fourth-order valence-electron chi connectivity index (χ4n) is 3.12. The maximum Gasteiger partial charge on any atom is 0.319 e. The van der Waals surface area contributed by atoms with E-state index in [-0.39, 0.29) is 12.1 Å². The molecule has 0 radical (unpaired) electrons. The van der Waals surface area contributed by atoms with Gasteiger partial charge in [0, 0.05) is 36.0 Å². The van der Waals surface area contributed by atoms with Crippen LogP contribution in [0.5, 0.6) is 0 Å². The van der Waals surface area contributed by atoms with Gasteiger partial charge in [0.1, 0.15) is 5.01 Å². The molecule has 1 aromatic carbocycles. The summed E-state index contributed by atoms with van der Waals surface area (Å²) in [6.07, 6.45) is 5.10. The van der Waals surface area contributed by atoms with Crippen molar-refractivity contribution in [1.29, 1.82) is 0 Å². The zero-order valence-electron chi connectivity index (χ0n) is 14.2. The van der Waals surface area contributed by atoms with Crippen LogP contribution >= 0.6 is 11.3 Å². The van der Waals surface area contributed by atoms with Crippen LogP contribution in [-0.2, 0) is 0 Å². The lowest BCUT2D eigenvalue weighted by atomic mass is 10.1. The lowest BCUT2D eigenvalue weighted by molar-refractivity contribution is 0.248. The second kappa shape index (κ2) is 7.66. The molecule has 128 valence electrons. The fraction of sp³-hybridized carbons (Fsp3) is 0.444. The number of urea groups is 1. The van der Waals surface area contributed by atoms with Gasteiger partial charge in [-0.1, -0.05) is 6.92 Å². The normalized spacial score (nSPS) is 15.3. The van der Waals surface area contributed by atoms with Crippen molar-refractivity contribution in [3.05, 3.63) is 40.3 Å². The largest absolute Gasteiger partial charge is 0.371 e. The van der Waals surface area contributed by atoms with E-state index >= 15 is 0 Å². The predicted octanol–water partition coefficient (Wildman–Crippen LogP) is 4.32. The Labute approximate surface area is 147 Å². The Balaban J connectivity index is 1.62. The third kappa shape index (κ3) is 3.87. The minimum atomic E-state index is -0.189. The molecule has 1 saturated heterocycles. The number of carbonyl (C=O) groups is 1. The lowest BCUT2D eigenvalue weighted by Gasteiger charge is -2.21. The Morgan fingerprint density at radius 2 is 2.17 bits per heavy atom. The van der Waals surface area contributed by atoms with Crippen LogP contribution in [0.15, 0.2) is 29.8 Å². The van der Waals surface area contributed by atoms with Crippen molar-refractivity contribution < 1.29 is 4.79 Å². The van der Waals surface area contributed by atoms with Crippen molar-refractivity contribution in [2.45, 2.75) is 39.2 Å². The van der Waals surface area contributed by atoms with E-state index in [4.69, 9.17) is 0 Å². The van der Waals surface area contributed by atoms with Crippen LogP contribution < -0.4 is 15.5 Å². The molecular weight excluding hydrogens is 320 g/mol. The van der Waals surface area contributed by atoms with E-state index in [1.807, 2.05) is 24.4 Å². The number of hydrogen-bond donors (Lipinski definition) is 2. The van der Waals surface area contributed by atoms with Gasteiger partial charge in [-0.05, 0) is 49.9 Å². The highest BCUT2D eigenvalue weighted by atomic mass is 32.1. The standard InChI is InChI=1S/C18H24N4OS/c1-3-15(17-19-8-11-24-17)21-18(23)20-14-6-7-16(13(2)12-14)22-9-4-5-10-22/h6-8,11-12,15H,3-5,9-10H2,1-2H3,(H2,20,21,23)/t15-/m0/s1. The molecule has 0 bridgehead atoms. The minimum Gasteiger partial charge on any atom is -0.371 e. The third-order valence-electron chi connectivity index (χ3n) is 4.36. The van der Waals surface area contributed by atoms with Gasteiger partial charge in [0.15, 0.2) is 0 Å². The number of nitrogens with one attached hydrogen (secondary N) is 2. The second-order valence-electron chi connectivity index (χ2n) is 6.13. The van der Waals surface area contributed by atoms with E-state index in [1.165, 1.54) is 24.1 Å². The molecule has 2 amide bonds. The topological polar surface area (TPSA) is 57.3 Å². The van der Waals surface area contributed by atoms with E-state index in [1.54, 1.807) is 17.5 Å². The van der Waals surface area contributed by atoms with Crippen LogP contribution in [0.25, 0.3) is 0 Å². The number of amides is 2. The summed E-state index contributed by atoms with van der Waals surface area (Å²) in [4.78, 5) is 19.0. The highest BCUT2D eigenvalue weighted by Crippen LogP contribution is 2.27. The summed E-state index contributed by atoms with van der Waals surface area (Å²) in [6, 6.07) is 5.89. The number of hydrogen-bond acceptors (Lipinski definition) is 4. The molecule has 0 unspecified atom stereocenters. The van der Waals surface area contributed by atoms with Gasteiger partial charge in [0.2, 0.25) is 0 Å². The molecule has 1 atom stereocenters. The van der Waals surface area contributed by atoms with Crippen molar-refractivity contribution in [2.24, 2.45) is 0 Å². The summed E-state index contributed by atoms with van der Waals surface area (Å²) in [5.41, 5.74) is 3.29. The van der Waals surface area contributed by atoms with Crippen LogP contribution in [0.1, 0.15) is 42.8 Å². The van der Waals surface area contributed by atoms with Gasteiger partial charge in [-0.25, -0.2) is 9.78 Å². The highest BCUT2D eigenvalue weighted by Gasteiger charge is 2.17. The van der Waals surface area contributed by atoms with Crippen molar-refractivity contribution >= 4 is 28.7 Å². The molecule has 5 nitrogen and oxygen atoms in total. The summed E-state index contributed by atoms with van der Waals surface area (Å²) in [6.45, 7) is 6.39. The molecule has 6 heteroatoms. The zero-order valence-corrected chi connectivity index (χ0v) is 15.0. The van der Waals surface area contributed by atoms with E-state index in [9.17, 15) is 4.79 Å². The first-order chi connectivity index (χ1) is 11.7. The molecule has 0 aliphatic carbocycles. The maximum absolute atomic E-state index is 12.3. The van der Waals surface area contributed by atoms with Crippen LogP contribution in [0, 0.1) is 6.92 Å². The number of nitrogens with zero attached hydrogens (tertiary/aromatic N) is 2. The van der Waals surface area contributed by atoms with E-state index in [0.29, 0.717) is 0 Å². The Hall–Kier alpha value is -2.08. The monoisotopic (exact) mass is 344 g/mol. The number of rotatable bonds is 5. The number of thiazole rings is 1. The average Bonchev–Trinajstić information content (AvgIpc) is 3.26. The lowest BCUT2D eigenvalue weighted by Crippen LogP contribution is -2.32. The van der Waals surface area contributed by atoms with E-state index in [0.717, 1.165) is 30.2 Å². The molecule has 0 saturated carbocycles. The maximum atomic E-state index is 12.3. The van der Waals surface area contributed by atoms with Gasteiger partial charge in [-0.3, -0.25) is 0 Å². The molecule has 1 aliphatic heterocycles. The molecule has 24 heavy (non-hydrogen) atoms. The molecule has 1 aromatic heterocycles. The van der Waals surface area contributed by atoms with E-state index in [2.05, 4.69) is 33.5 Å². The Bertz CT molecular complexity index is 680. The number of aromatic nitrogens is 1. The second-order valence-corrected chi connectivity index (χ2v) is 7.05. The summed E-state index contributed by atoms with van der Waals surface area (Å²) < 4.78 is 0. The number of aryl methyl sites for hydroxylation is 1. The first-order valence-electron chi connectivity index (χ1n) is 8.50. The summed E-state index contributed by atoms with van der Waals surface area (Å²) >= 11 is 1.56. The number of anilines is 2. The average molecular weight is 344 g/mol. The molecular formula is C18H24N4OS. The SMILES string of the molecule is CC[C@H](NC(=O)Nc1ccc(N2CCCC2)c(C)c1)c1nccs1. The van der Waals surface area contributed by atoms with Gasteiger partial charge in [-0.2, -0.15) is 0 Å². The van der Waals surface area contributed by atoms with Crippen molar-refractivity contribution in [2.75, 3.05) is 23.3 Å². The fourth-order valence-corrected chi connectivity index (χ4v) is 3.89. The van der Waals surface area contributed by atoms with Crippen LogP contribution in [0.3, 0.4) is 0 Å². The minimum absolute atomic E-state index is 0.0463. The summed E-state index contributed by atoms with van der Waals surface area (Å²) in [7, 11) is 0. The van der Waals surface area contributed by atoms with Crippen molar-refractivity contribution in [3.63, 3.8) is 0 Å². The quantitative estimate of drug-likeness (QED) is 0.849. The summed E-state index contributed by atoms with van der Waals surface area (Å²) in [5, 5.41) is 8.80. The van der Waals surface area contributed by atoms with E-state index < -0.39 is 0 Å². The van der Waals surface area contributed by atoms with Gasteiger partial charge in [0.25, 0.3) is 0 Å². The molecule has 3 rings (SSSR count). The molecule has 1 fully saturated rings. The summed E-state index contributed by atoms with van der Waals surface area (Å²) in [5.74, 6) is 0. The van der Waals surface area contributed by atoms with Gasteiger partial charge in [0.05, 0.1) is 6.04 Å². The first-order valence-corrected chi connectivity index (χ1v) is 9.38. The molecule has 2 N–H and O–H groups in total. The molecule has 0 spiro atoms. The smallest absolute Gasteiger partial charge is 0.319 e. The Morgan fingerprint density at radius 1 is 1.38 bits per heavy atom. The zero-order chi connectivity index (χ0) is 16.9. The molecule has 2 aromatic rings. The van der Waals surface area contributed by atoms with Gasteiger partial charge < -0.3 is 15.5 Å². The molecule has 1 aliphatic rings. The van der Waals surface area contributed by atoms with Crippen molar-refractivity contribution in [3.8, 4) is 0 Å². The van der Waals surface area contributed by atoms with Crippen molar-refractivity contribution in [1.82, 2.24) is 10.3 Å². The van der Waals surface area contributed by atoms with Crippen LogP contribution in [-0.4, -0.2) is 24.1 Å². The van der Waals surface area contributed by atoms with Gasteiger partial charge >= 0.3 is 6.03 Å². The predicted molar refractivity (Wildman–Crippen MR) is 99.9 cm³/mol. The first kappa shape index (κ1) is 16.8. The number of carbonyl (C=O) groups excluding carboxylic acids is 1. The third-order valence-corrected chi connectivity index (χ3v) is 5.25. The van der Waals surface area contributed by atoms with Gasteiger partial charge in [-0.15, -0.1) is 11.3 Å². The van der Waals surface area contributed by atoms with Crippen LogP contribution in [0.2, 0.25) is 0 Å².